The second-order valence-electron chi connectivity index (χ2n) is 7.16. The molecular weight excluding hydrogens is 266 g/mol. The average Bonchev–Trinajstić information content (AvgIpc) is 2.54. The van der Waals surface area contributed by atoms with Crippen molar-refractivity contribution in [2.45, 2.75) is 117 Å². The van der Waals surface area contributed by atoms with Gasteiger partial charge in [0.05, 0.1) is 0 Å². The fraction of sp³-hybridized carbons (Fsp3) is 1.00. The maximum absolute atomic E-state index is 3.68. The molecule has 0 saturated carbocycles. The molecule has 22 heavy (non-hydrogen) atoms. The first-order chi connectivity index (χ1) is 10.8. The molecule has 1 heteroatoms. The van der Waals surface area contributed by atoms with Gasteiger partial charge in [0, 0.05) is 0 Å². The number of hydrogen-bond acceptors (Lipinski definition) is 1. The molecule has 0 saturated heterocycles. The minimum Gasteiger partial charge on any atom is -0.316 e. The normalized spacial score (nSPS) is 12.7. The highest BCUT2D eigenvalue weighted by Gasteiger charge is 2.04. The third-order valence-corrected chi connectivity index (χ3v) is 4.93. The number of nitrogens with one attached hydrogen (secondary N) is 1. The van der Waals surface area contributed by atoms with Crippen molar-refractivity contribution in [3.05, 3.63) is 0 Å². The molecule has 0 aliphatic heterocycles. The Kier molecular flexibility index (Phi) is 19.0. The molecule has 0 radical (unpaired) electrons. The topological polar surface area (TPSA) is 12.0 Å². The van der Waals surface area contributed by atoms with Crippen molar-refractivity contribution < 1.29 is 0 Å². The maximum Gasteiger partial charge on any atom is -0.00206 e. The maximum atomic E-state index is 3.68. The Morgan fingerprint density at radius 3 is 1.59 bits per heavy atom. The minimum atomic E-state index is 0.910. The molecule has 0 bridgehead atoms. The van der Waals surface area contributed by atoms with Crippen LogP contribution in [-0.4, -0.2) is 13.1 Å². The zero-order chi connectivity index (χ0) is 16.3. The van der Waals surface area contributed by atoms with E-state index in [1.165, 1.54) is 109 Å². The predicted molar refractivity (Wildman–Crippen MR) is 103 cm³/mol. The van der Waals surface area contributed by atoms with Crippen LogP contribution in [0.3, 0.4) is 0 Å². The molecule has 0 aromatic rings. The Morgan fingerprint density at radius 1 is 0.591 bits per heavy atom. The molecule has 0 rings (SSSR count). The summed E-state index contributed by atoms with van der Waals surface area (Å²) in [5.74, 6) is 0.910. The van der Waals surface area contributed by atoms with Crippen LogP contribution in [0.5, 0.6) is 0 Å². The number of unbranched alkanes of at least 4 members (excludes halogenated alkanes) is 11. The van der Waals surface area contributed by atoms with Gasteiger partial charge in [-0.05, 0) is 31.8 Å². The molecule has 0 fully saturated rings. The molecule has 134 valence electrons. The highest BCUT2D eigenvalue weighted by Crippen LogP contribution is 2.12. The highest BCUT2D eigenvalue weighted by molar-refractivity contribution is 4.61. The van der Waals surface area contributed by atoms with Crippen LogP contribution < -0.4 is 5.32 Å². The van der Waals surface area contributed by atoms with E-state index in [2.05, 4.69) is 26.1 Å². The number of rotatable bonds is 18. The lowest BCUT2D eigenvalue weighted by Gasteiger charge is -2.15. The van der Waals surface area contributed by atoms with Gasteiger partial charge < -0.3 is 5.32 Å². The van der Waals surface area contributed by atoms with Crippen molar-refractivity contribution in [1.82, 2.24) is 5.32 Å². The van der Waals surface area contributed by atoms with Gasteiger partial charge in [0.25, 0.3) is 0 Å². The van der Waals surface area contributed by atoms with Crippen molar-refractivity contribution in [2.75, 3.05) is 13.1 Å². The fourth-order valence-corrected chi connectivity index (χ4v) is 3.16. The lowest BCUT2D eigenvalue weighted by atomic mass is 9.99. The second kappa shape index (κ2) is 19.0. The van der Waals surface area contributed by atoms with Crippen LogP contribution in [-0.2, 0) is 0 Å². The summed E-state index contributed by atoms with van der Waals surface area (Å²) < 4.78 is 0. The van der Waals surface area contributed by atoms with E-state index < -0.39 is 0 Å². The van der Waals surface area contributed by atoms with Crippen LogP contribution in [0.1, 0.15) is 117 Å². The average molecular weight is 312 g/mol. The van der Waals surface area contributed by atoms with Crippen molar-refractivity contribution >= 4 is 0 Å². The second-order valence-corrected chi connectivity index (χ2v) is 7.16. The summed E-state index contributed by atoms with van der Waals surface area (Å²) in [4.78, 5) is 0. The third-order valence-electron chi connectivity index (χ3n) is 4.93. The SMILES string of the molecule is CCCCCCCCCCCCCNCC(CC)CCCC. The van der Waals surface area contributed by atoms with E-state index in [9.17, 15) is 0 Å². The highest BCUT2D eigenvalue weighted by atomic mass is 14.8. The van der Waals surface area contributed by atoms with Crippen molar-refractivity contribution in [2.24, 2.45) is 5.92 Å². The van der Waals surface area contributed by atoms with Gasteiger partial charge in [-0.15, -0.1) is 0 Å². The van der Waals surface area contributed by atoms with Crippen LogP contribution >= 0.6 is 0 Å². The van der Waals surface area contributed by atoms with Gasteiger partial charge in [-0.3, -0.25) is 0 Å². The van der Waals surface area contributed by atoms with Crippen molar-refractivity contribution in [3.63, 3.8) is 0 Å². The van der Waals surface area contributed by atoms with Crippen molar-refractivity contribution in [3.8, 4) is 0 Å². The standard InChI is InChI=1S/C21H45N/c1-4-7-9-10-11-12-13-14-15-16-17-19-22-20-21(6-3)18-8-5-2/h21-22H,4-20H2,1-3H3. The molecule has 1 atom stereocenters. The van der Waals surface area contributed by atoms with Crippen LogP contribution in [0, 0.1) is 5.92 Å². The summed E-state index contributed by atoms with van der Waals surface area (Å²) in [7, 11) is 0. The first-order valence-corrected chi connectivity index (χ1v) is 10.6. The summed E-state index contributed by atoms with van der Waals surface area (Å²) in [6.07, 6.45) is 21.3. The summed E-state index contributed by atoms with van der Waals surface area (Å²) in [5.41, 5.74) is 0. The minimum absolute atomic E-state index is 0.910. The molecule has 0 spiro atoms. The smallest absolute Gasteiger partial charge is 0.00206 e. The van der Waals surface area contributed by atoms with Crippen LogP contribution in [0.15, 0.2) is 0 Å². The van der Waals surface area contributed by atoms with Gasteiger partial charge in [0.15, 0.2) is 0 Å². The molecule has 0 aromatic heterocycles. The Labute approximate surface area is 142 Å². The van der Waals surface area contributed by atoms with Gasteiger partial charge >= 0.3 is 0 Å². The van der Waals surface area contributed by atoms with Gasteiger partial charge in [-0.2, -0.15) is 0 Å². The van der Waals surface area contributed by atoms with E-state index in [1.807, 2.05) is 0 Å². The molecule has 0 heterocycles. The zero-order valence-electron chi connectivity index (χ0n) is 16.1. The molecule has 0 amide bonds. The van der Waals surface area contributed by atoms with Gasteiger partial charge in [0.2, 0.25) is 0 Å². The van der Waals surface area contributed by atoms with E-state index in [4.69, 9.17) is 0 Å². The third kappa shape index (κ3) is 16.3. The lowest BCUT2D eigenvalue weighted by Crippen LogP contribution is -2.23. The van der Waals surface area contributed by atoms with E-state index >= 15 is 0 Å². The lowest BCUT2D eigenvalue weighted by molar-refractivity contribution is 0.415. The van der Waals surface area contributed by atoms with E-state index in [0.717, 1.165) is 5.92 Å². The molecule has 1 N–H and O–H groups in total. The van der Waals surface area contributed by atoms with Crippen LogP contribution in [0.25, 0.3) is 0 Å². The zero-order valence-corrected chi connectivity index (χ0v) is 16.1. The summed E-state index contributed by atoms with van der Waals surface area (Å²) in [6, 6.07) is 0. The molecule has 0 aromatic carbocycles. The molecule has 1 unspecified atom stereocenters. The van der Waals surface area contributed by atoms with Gasteiger partial charge in [-0.25, -0.2) is 0 Å². The van der Waals surface area contributed by atoms with E-state index in [1.54, 1.807) is 0 Å². The summed E-state index contributed by atoms with van der Waals surface area (Å²) in [6.45, 7) is 9.41. The van der Waals surface area contributed by atoms with E-state index in [0.29, 0.717) is 0 Å². The quantitative estimate of drug-likeness (QED) is 0.266. The van der Waals surface area contributed by atoms with Crippen molar-refractivity contribution in [1.29, 1.82) is 0 Å². The Morgan fingerprint density at radius 2 is 1.09 bits per heavy atom. The molecular formula is C21H45N. The largest absolute Gasteiger partial charge is 0.316 e. The summed E-state index contributed by atoms with van der Waals surface area (Å²) >= 11 is 0. The van der Waals surface area contributed by atoms with Gasteiger partial charge in [0.1, 0.15) is 0 Å². The van der Waals surface area contributed by atoms with Crippen LogP contribution in [0.4, 0.5) is 0 Å². The predicted octanol–water partition coefficient (Wildman–Crippen LogP) is 7.10. The monoisotopic (exact) mass is 311 g/mol. The molecule has 1 nitrogen and oxygen atoms in total. The first kappa shape index (κ1) is 22.0. The number of hydrogen-bond donors (Lipinski definition) is 1. The van der Waals surface area contributed by atoms with Gasteiger partial charge in [-0.1, -0.05) is 104 Å². The Balaban J connectivity index is 3.13. The fourth-order valence-electron chi connectivity index (χ4n) is 3.16. The van der Waals surface area contributed by atoms with E-state index in [-0.39, 0.29) is 0 Å². The first-order valence-electron chi connectivity index (χ1n) is 10.6. The Hall–Kier alpha value is -0.0400. The summed E-state index contributed by atoms with van der Waals surface area (Å²) in [5, 5.41) is 3.68. The Bertz CT molecular complexity index is 190. The molecule has 0 aliphatic rings. The van der Waals surface area contributed by atoms with Crippen LogP contribution in [0.2, 0.25) is 0 Å². The molecule has 0 aliphatic carbocycles.